The molecule has 1 aromatic rings. The molecule has 3 heterocycles. The van der Waals surface area contributed by atoms with Crippen LogP contribution in [0.3, 0.4) is 0 Å². The molecule has 1 aromatic carbocycles. The summed E-state index contributed by atoms with van der Waals surface area (Å²) in [5.41, 5.74) is 1.21. The SMILES string of the molecule is CCOc1ccc(N2CC3CN(C(=O)N4CCN(S(C)(=O)=O)CC4)CC3C2)cc1. The summed E-state index contributed by atoms with van der Waals surface area (Å²) in [7, 11) is -3.18. The van der Waals surface area contributed by atoms with Crippen LogP contribution < -0.4 is 9.64 Å². The number of hydrogen-bond acceptors (Lipinski definition) is 5. The van der Waals surface area contributed by atoms with Crippen LogP contribution in [0.1, 0.15) is 6.92 Å². The average molecular weight is 423 g/mol. The van der Waals surface area contributed by atoms with E-state index in [1.807, 2.05) is 24.0 Å². The lowest BCUT2D eigenvalue weighted by molar-refractivity contribution is 0.140. The number of fused-ring (bicyclic) bond motifs is 1. The van der Waals surface area contributed by atoms with E-state index in [1.54, 1.807) is 4.90 Å². The Labute approximate surface area is 173 Å². The maximum atomic E-state index is 12.9. The zero-order valence-corrected chi connectivity index (χ0v) is 18.0. The van der Waals surface area contributed by atoms with Crippen molar-refractivity contribution < 1.29 is 17.9 Å². The van der Waals surface area contributed by atoms with Gasteiger partial charge in [-0.2, -0.15) is 4.31 Å². The number of ether oxygens (including phenoxy) is 1. The molecule has 3 saturated heterocycles. The molecule has 160 valence electrons. The number of nitrogens with zero attached hydrogens (tertiary/aromatic N) is 4. The van der Waals surface area contributed by atoms with Crippen LogP contribution in [0.4, 0.5) is 10.5 Å². The Balaban J connectivity index is 1.29. The third kappa shape index (κ3) is 4.30. The summed E-state index contributed by atoms with van der Waals surface area (Å²) in [6, 6.07) is 8.30. The van der Waals surface area contributed by atoms with E-state index in [1.165, 1.54) is 16.2 Å². The zero-order chi connectivity index (χ0) is 20.6. The van der Waals surface area contributed by atoms with Crippen molar-refractivity contribution in [1.82, 2.24) is 14.1 Å². The molecule has 0 aliphatic carbocycles. The smallest absolute Gasteiger partial charge is 0.320 e. The maximum Gasteiger partial charge on any atom is 0.320 e. The molecule has 0 bridgehead atoms. The summed E-state index contributed by atoms with van der Waals surface area (Å²) in [5.74, 6) is 1.87. The minimum atomic E-state index is -3.18. The molecule has 3 aliphatic heterocycles. The van der Waals surface area contributed by atoms with E-state index in [4.69, 9.17) is 4.74 Å². The number of sulfonamides is 1. The first kappa shape index (κ1) is 20.3. The number of rotatable bonds is 4. The van der Waals surface area contributed by atoms with Gasteiger partial charge in [-0.3, -0.25) is 0 Å². The van der Waals surface area contributed by atoms with E-state index in [2.05, 4.69) is 17.0 Å². The Bertz CT molecular complexity index is 823. The second kappa shape index (κ2) is 8.02. The van der Waals surface area contributed by atoms with E-state index < -0.39 is 10.0 Å². The molecule has 4 rings (SSSR count). The predicted molar refractivity (Wildman–Crippen MR) is 112 cm³/mol. The number of hydrogen-bond donors (Lipinski definition) is 0. The summed E-state index contributed by atoms with van der Waals surface area (Å²) >= 11 is 0. The van der Waals surface area contributed by atoms with Crippen molar-refractivity contribution in [2.75, 3.05) is 70.1 Å². The molecular formula is C20H30N4O4S. The number of likely N-dealkylation sites (tertiary alicyclic amines) is 1. The molecule has 0 spiro atoms. The lowest BCUT2D eigenvalue weighted by atomic mass is 10.0. The van der Waals surface area contributed by atoms with Crippen molar-refractivity contribution in [3.8, 4) is 5.75 Å². The number of anilines is 1. The van der Waals surface area contributed by atoms with Crippen molar-refractivity contribution in [3.05, 3.63) is 24.3 Å². The van der Waals surface area contributed by atoms with Crippen LogP contribution in [0.25, 0.3) is 0 Å². The fourth-order valence-electron chi connectivity index (χ4n) is 4.69. The number of amides is 2. The van der Waals surface area contributed by atoms with Crippen LogP contribution >= 0.6 is 0 Å². The van der Waals surface area contributed by atoms with Gasteiger partial charge in [0.2, 0.25) is 10.0 Å². The standard InChI is InChI=1S/C20H30N4O4S/c1-3-28-19-6-4-18(5-7-19)22-12-16-14-23(15-17(16)13-22)20(25)21-8-10-24(11-9-21)29(2,26)27/h4-7,16-17H,3,8-15H2,1-2H3. The highest BCUT2D eigenvalue weighted by Gasteiger charge is 2.43. The number of carbonyl (C=O) groups is 1. The number of benzene rings is 1. The molecule has 2 amide bonds. The molecule has 9 heteroatoms. The van der Waals surface area contributed by atoms with Crippen molar-refractivity contribution in [2.24, 2.45) is 11.8 Å². The summed E-state index contributed by atoms with van der Waals surface area (Å²) < 4.78 is 30.3. The number of piperazine rings is 1. The Morgan fingerprint density at radius 1 is 0.966 bits per heavy atom. The summed E-state index contributed by atoms with van der Waals surface area (Å²) in [5, 5.41) is 0. The van der Waals surface area contributed by atoms with Gasteiger partial charge in [0, 0.05) is 69.9 Å². The van der Waals surface area contributed by atoms with Gasteiger partial charge >= 0.3 is 6.03 Å². The van der Waals surface area contributed by atoms with Crippen molar-refractivity contribution in [3.63, 3.8) is 0 Å². The van der Waals surface area contributed by atoms with Crippen LogP contribution in [-0.2, 0) is 10.0 Å². The second-order valence-corrected chi connectivity index (χ2v) is 10.2. The van der Waals surface area contributed by atoms with Crippen molar-refractivity contribution in [1.29, 1.82) is 0 Å². The first-order valence-corrected chi connectivity index (χ1v) is 12.2. The Kier molecular flexibility index (Phi) is 5.61. The van der Waals surface area contributed by atoms with E-state index >= 15 is 0 Å². The fraction of sp³-hybridized carbons (Fsp3) is 0.650. The van der Waals surface area contributed by atoms with Gasteiger partial charge in [-0.1, -0.05) is 0 Å². The highest BCUT2D eigenvalue weighted by Crippen LogP contribution is 2.35. The number of urea groups is 1. The van der Waals surface area contributed by atoms with E-state index in [0.29, 0.717) is 44.6 Å². The van der Waals surface area contributed by atoms with E-state index in [0.717, 1.165) is 31.9 Å². The van der Waals surface area contributed by atoms with Gasteiger partial charge in [-0.15, -0.1) is 0 Å². The Morgan fingerprint density at radius 2 is 1.55 bits per heavy atom. The quantitative estimate of drug-likeness (QED) is 0.728. The van der Waals surface area contributed by atoms with Crippen molar-refractivity contribution >= 4 is 21.7 Å². The van der Waals surface area contributed by atoms with Crippen molar-refractivity contribution in [2.45, 2.75) is 6.92 Å². The normalized spacial score (nSPS) is 25.4. The molecular weight excluding hydrogens is 392 g/mol. The minimum Gasteiger partial charge on any atom is -0.494 e. The lowest BCUT2D eigenvalue weighted by Crippen LogP contribution is -2.53. The molecule has 0 aromatic heterocycles. The average Bonchev–Trinajstić information content (AvgIpc) is 3.27. The van der Waals surface area contributed by atoms with Gasteiger partial charge in [0.25, 0.3) is 0 Å². The van der Waals surface area contributed by atoms with Crippen LogP contribution in [0.5, 0.6) is 5.75 Å². The predicted octanol–water partition coefficient (Wildman–Crippen LogP) is 1.15. The first-order chi connectivity index (χ1) is 13.8. The first-order valence-electron chi connectivity index (χ1n) is 10.3. The molecule has 0 radical (unpaired) electrons. The van der Waals surface area contributed by atoms with E-state index in [9.17, 15) is 13.2 Å². The molecule has 3 fully saturated rings. The monoisotopic (exact) mass is 422 g/mol. The summed E-state index contributed by atoms with van der Waals surface area (Å²) in [4.78, 5) is 19.1. The number of carbonyl (C=O) groups excluding carboxylic acids is 1. The minimum absolute atomic E-state index is 0.0557. The molecule has 2 atom stereocenters. The highest BCUT2D eigenvalue weighted by molar-refractivity contribution is 7.88. The highest BCUT2D eigenvalue weighted by atomic mass is 32.2. The fourth-order valence-corrected chi connectivity index (χ4v) is 5.52. The largest absolute Gasteiger partial charge is 0.494 e. The molecule has 8 nitrogen and oxygen atoms in total. The van der Waals surface area contributed by atoms with Gasteiger partial charge in [-0.05, 0) is 31.2 Å². The Hall–Kier alpha value is -2.00. The van der Waals surface area contributed by atoms with Gasteiger partial charge in [0.15, 0.2) is 0 Å². The van der Waals surface area contributed by atoms with Crippen LogP contribution in [0, 0.1) is 11.8 Å². The van der Waals surface area contributed by atoms with Gasteiger partial charge in [0.1, 0.15) is 5.75 Å². The van der Waals surface area contributed by atoms with Crippen LogP contribution in [-0.4, -0.2) is 93.8 Å². The zero-order valence-electron chi connectivity index (χ0n) is 17.2. The molecule has 3 aliphatic rings. The summed E-state index contributed by atoms with van der Waals surface area (Å²) in [6.07, 6.45) is 1.22. The topological polar surface area (TPSA) is 73.4 Å². The van der Waals surface area contributed by atoms with Gasteiger partial charge < -0.3 is 19.4 Å². The van der Waals surface area contributed by atoms with Crippen LogP contribution in [0.2, 0.25) is 0 Å². The lowest BCUT2D eigenvalue weighted by Gasteiger charge is -2.35. The van der Waals surface area contributed by atoms with Crippen LogP contribution in [0.15, 0.2) is 24.3 Å². The Morgan fingerprint density at radius 3 is 2.07 bits per heavy atom. The van der Waals surface area contributed by atoms with Gasteiger partial charge in [0.05, 0.1) is 12.9 Å². The molecule has 2 unspecified atom stereocenters. The third-order valence-electron chi connectivity index (χ3n) is 6.25. The maximum absolute atomic E-state index is 12.9. The third-order valence-corrected chi connectivity index (χ3v) is 7.55. The van der Waals surface area contributed by atoms with E-state index in [-0.39, 0.29) is 6.03 Å². The molecule has 29 heavy (non-hydrogen) atoms. The molecule has 0 N–H and O–H groups in total. The van der Waals surface area contributed by atoms with Gasteiger partial charge in [-0.25, -0.2) is 13.2 Å². The molecule has 0 saturated carbocycles. The summed E-state index contributed by atoms with van der Waals surface area (Å²) in [6.45, 7) is 7.84. The second-order valence-electron chi connectivity index (χ2n) is 8.19.